The summed E-state index contributed by atoms with van der Waals surface area (Å²) in [6.45, 7) is 4.29. The molecule has 1 aliphatic rings. The van der Waals surface area contributed by atoms with Crippen LogP contribution in [-0.4, -0.2) is 40.0 Å². The van der Waals surface area contributed by atoms with Crippen LogP contribution in [0.25, 0.3) is 0 Å². The fraction of sp³-hybridized carbons (Fsp3) is 0.500. The van der Waals surface area contributed by atoms with Crippen LogP contribution in [0.3, 0.4) is 0 Å². The van der Waals surface area contributed by atoms with E-state index in [4.69, 9.17) is 4.74 Å². The molecular formula is C18H25FN6O. The smallest absolute Gasteiger partial charge is 0.192 e. The van der Waals surface area contributed by atoms with E-state index in [1.165, 1.54) is 12.1 Å². The number of halogens is 1. The topological polar surface area (TPSA) is 76.4 Å². The Morgan fingerprint density at radius 2 is 2.27 bits per heavy atom. The number of nitrogens with zero attached hydrogens (tertiary/aromatic N) is 4. The molecule has 1 fully saturated rings. The number of hydrogen-bond acceptors (Lipinski definition) is 4. The highest BCUT2D eigenvalue weighted by Gasteiger charge is 2.16. The fourth-order valence-corrected chi connectivity index (χ4v) is 2.76. The van der Waals surface area contributed by atoms with E-state index in [1.54, 1.807) is 6.07 Å². The maximum atomic E-state index is 13.3. The molecule has 8 heteroatoms. The van der Waals surface area contributed by atoms with Gasteiger partial charge in [-0.05, 0) is 37.5 Å². The summed E-state index contributed by atoms with van der Waals surface area (Å²) >= 11 is 0. The maximum Gasteiger partial charge on any atom is 0.192 e. The van der Waals surface area contributed by atoms with Crippen LogP contribution < -0.4 is 10.6 Å². The molecule has 7 nitrogen and oxygen atoms in total. The highest BCUT2D eigenvalue weighted by molar-refractivity contribution is 5.79. The lowest BCUT2D eigenvalue weighted by molar-refractivity contribution is 0.113. The summed E-state index contributed by atoms with van der Waals surface area (Å²) in [5.74, 6) is 2.06. The van der Waals surface area contributed by atoms with Gasteiger partial charge in [-0.1, -0.05) is 12.1 Å². The normalized spacial score (nSPS) is 17.5. The molecule has 0 amide bonds. The number of aryl methyl sites for hydroxylation is 1. The number of aliphatic imine (C=N–C) groups is 1. The van der Waals surface area contributed by atoms with E-state index in [-0.39, 0.29) is 11.9 Å². The van der Waals surface area contributed by atoms with E-state index >= 15 is 0 Å². The third-order valence-corrected chi connectivity index (χ3v) is 4.43. The molecular weight excluding hydrogens is 335 g/mol. The molecule has 1 atom stereocenters. The van der Waals surface area contributed by atoms with Crippen molar-refractivity contribution in [1.29, 1.82) is 0 Å². The van der Waals surface area contributed by atoms with Gasteiger partial charge in [0.2, 0.25) is 0 Å². The van der Waals surface area contributed by atoms with Gasteiger partial charge in [0.25, 0.3) is 0 Å². The lowest BCUT2D eigenvalue weighted by atomic mass is 10.2. The Morgan fingerprint density at radius 3 is 2.96 bits per heavy atom. The second-order valence-corrected chi connectivity index (χ2v) is 6.39. The maximum absolute atomic E-state index is 13.3. The van der Waals surface area contributed by atoms with E-state index in [9.17, 15) is 4.39 Å². The average molecular weight is 360 g/mol. The van der Waals surface area contributed by atoms with Crippen LogP contribution in [0, 0.1) is 12.7 Å². The summed E-state index contributed by atoms with van der Waals surface area (Å²) in [4.78, 5) is 4.56. The number of rotatable bonds is 6. The van der Waals surface area contributed by atoms with Crippen molar-refractivity contribution in [1.82, 2.24) is 25.4 Å². The minimum absolute atomic E-state index is 0.202. The third kappa shape index (κ3) is 5.01. The monoisotopic (exact) mass is 360 g/mol. The second kappa shape index (κ2) is 8.75. The molecule has 1 aromatic heterocycles. The van der Waals surface area contributed by atoms with Crippen molar-refractivity contribution in [3.05, 3.63) is 47.3 Å². The standard InChI is InChI=1S/C18H25FN6O/c1-13-23-24-17(25(13)2)12-22-18(21-11-16-7-4-8-26-16)20-10-14-5-3-6-15(19)9-14/h3,5-6,9,16H,4,7-8,10-12H2,1-2H3,(H2,20,21,22). The van der Waals surface area contributed by atoms with Crippen molar-refractivity contribution in [2.24, 2.45) is 12.0 Å². The van der Waals surface area contributed by atoms with Crippen molar-refractivity contribution >= 4 is 5.96 Å². The van der Waals surface area contributed by atoms with E-state index in [1.807, 2.05) is 24.6 Å². The summed E-state index contributed by atoms with van der Waals surface area (Å²) < 4.78 is 20.9. The summed E-state index contributed by atoms with van der Waals surface area (Å²) in [5, 5.41) is 14.8. The van der Waals surface area contributed by atoms with Crippen molar-refractivity contribution in [3.63, 3.8) is 0 Å². The van der Waals surface area contributed by atoms with Gasteiger partial charge < -0.3 is 19.9 Å². The number of aromatic nitrogens is 3. The summed E-state index contributed by atoms with van der Waals surface area (Å²) in [6, 6.07) is 6.47. The number of nitrogens with one attached hydrogen (secondary N) is 2. The van der Waals surface area contributed by atoms with Gasteiger partial charge in [-0.25, -0.2) is 9.38 Å². The Labute approximate surface area is 152 Å². The number of guanidine groups is 1. The predicted molar refractivity (Wildman–Crippen MR) is 97.1 cm³/mol. The molecule has 1 aromatic carbocycles. The molecule has 0 bridgehead atoms. The first kappa shape index (κ1) is 18.3. The fourth-order valence-electron chi connectivity index (χ4n) is 2.76. The van der Waals surface area contributed by atoms with Crippen LogP contribution in [0.2, 0.25) is 0 Å². The van der Waals surface area contributed by atoms with Gasteiger partial charge in [-0.3, -0.25) is 0 Å². The number of hydrogen-bond donors (Lipinski definition) is 2. The quantitative estimate of drug-likeness (QED) is 0.605. The van der Waals surface area contributed by atoms with Crippen molar-refractivity contribution in [3.8, 4) is 0 Å². The second-order valence-electron chi connectivity index (χ2n) is 6.39. The van der Waals surface area contributed by atoms with Crippen LogP contribution in [0.1, 0.15) is 30.1 Å². The molecule has 2 N–H and O–H groups in total. The first-order valence-corrected chi connectivity index (χ1v) is 8.85. The molecule has 1 aliphatic heterocycles. The van der Waals surface area contributed by atoms with Gasteiger partial charge in [-0.2, -0.15) is 0 Å². The van der Waals surface area contributed by atoms with Crippen LogP contribution in [0.15, 0.2) is 29.3 Å². The molecule has 26 heavy (non-hydrogen) atoms. The minimum Gasteiger partial charge on any atom is -0.376 e. The molecule has 0 spiro atoms. The van der Waals surface area contributed by atoms with Crippen molar-refractivity contribution < 1.29 is 9.13 Å². The van der Waals surface area contributed by atoms with Gasteiger partial charge in [0.15, 0.2) is 11.8 Å². The van der Waals surface area contributed by atoms with Crippen LogP contribution in [0.5, 0.6) is 0 Å². The predicted octanol–water partition coefficient (Wildman–Crippen LogP) is 1.68. The van der Waals surface area contributed by atoms with Crippen molar-refractivity contribution in [2.45, 2.75) is 39.0 Å². The Kier molecular flexibility index (Phi) is 6.17. The van der Waals surface area contributed by atoms with E-state index in [0.717, 1.165) is 36.7 Å². The number of ether oxygens (including phenoxy) is 1. The Morgan fingerprint density at radius 1 is 1.38 bits per heavy atom. The van der Waals surface area contributed by atoms with Gasteiger partial charge in [-0.15, -0.1) is 10.2 Å². The summed E-state index contributed by atoms with van der Waals surface area (Å²) in [7, 11) is 1.93. The van der Waals surface area contributed by atoms with Gasteiger partial charge in [0.05, 0.1) is 19.2 Å². The van der Waals surface area contributed by atoms with E-state index < -0.39 is 0 Å². The molecule has 2 heterocycles. The highest BCUT2D eigenvalue weighted by Crippen LogP contribution is 2.10. The first-order valence-electron chi connectivity index (χ1n) is 8.85. The molecule has 3 rings (SSSR count). The Balaban J connectivity index is 1.63. The zero-order chi connectivity index (χ0) is 18.4. The molecule has 2 aromatic rings. The zero-order valence-electron chi connectivity index (χ0n) is 15.2. The minimum atomic E-state index is -0.255. The molecule has 0 radical (unpaired) electrons. The van der Waals surface area contributed by atoms with Crippen LogP contribution >= 0.6 is 0 Å². The highest BCUT2D eigenvalue weighted by atomic mass is 19.1. The molecule has 140 valence electrons. The molecule has 0 aliphatic carbocycles. The molecule has 1 unspecified atom stereocenters. The third-order valence-electron chi connectivity index (χ3n) is 4.43. The Bertz CT molecular complexity index is 754. The van der Waals surface area contributed by atoms with Gasteiger partial charge >= 0.3 is 0 Å². The number of benzene rings is 1. The molecule has 0 saturated carbocycles. The lowest BCUT2D eigenvalue weighted by Crippen LogP contribution is -2.41. The van der Waals surface area contributed by atoms with Crippen LogP contribution in [0.4, 0.5) is 4.39 Å². The van der Waals surface area contributed by atoms with Gasteiger partial charge in [0, 0.05) is 20.2 Å². The Hall–Kier alpha value is -2.48. The van der Waals surface area contributed by atoms with Crippen LogP contribution in [-0.2, 0) is 24.9 Å². The first-order chi connectivity index (χ1) is 12.6. The molecule has 1 saturated heterocycles. The average Bonchev–Trinajstić information content (AvgIpc) is 3.26. The summed E-state index contributed by atoms with van der Waals surface area (Å²) in [6.07, 6.45) is 2.34. The van der Waals surface area contributed by atoms with E-state index in [2.05, 4.69) is 25.8 Å². The zero-order valence-corrected chi connectivity index (χ0v) is 15.2. The largest absolute Gasteiger partial charge is 0.376 e. The van der Waals surface area contributed by atoms with Crippen molar-refractivity contribution in [2.75, 3.05) is 13.2 Å². The summed E-state index contributed by atoms with van der Waals surface area (Å²) in [5.41, 5.74) is 0.817. The lowest BCUT2D eigenvalue weighted by Gasteiger charge is -2.15. The van der Waals surface area contributed by atoms with E-state index in [0.29, 0.717) is 25.6 Å². The van der Waals surface area contributed by atoms with Gasteiger partial charge in [0.1, 0.15) is 11.6 Å². The SMILES string of the molecule is Cc1nnc(CNC(=NCc2cccc(F)c2)NCC2CCCO2)n1C.